The van der Waals surface area contributed by atoms with E-state index >= 15 is 0 Å². The third-order valence-electron chi connectivity index (χ3n) is 13.5. The number of para-hydroxylation sites is 1. The van der Waals surface area contributed by atoms with Gasteiger partial charge in [0.05, 0.1) is 29.9 Å². The van der Waals surface area contributed by atoms with Crippen molar-refractivity contribution in [3.63, 3.8) is 0 Å². The van der Waals surface area contributed by atoms with Crippen LogP contribution in [0, 0.1) is 0 Å². The van der Waals surface area contributed by atoms with Crippen LogP contribution >= 0.6 is 27.5 Å². The Balaban J connectivity index is 0.000000132. The lowest BCUT2D eigenvalue weighted by Crippen LogP contribution is -2.08. The van der Waals surface area contributed by atoms with Crippen LogP contribution in [-0.4, -0.2) is 65.3 Å². The zero-order valence-corrected chi connectivity index (χ0v) is 48.3. The van der Waals surface area contributed by atoms with Crippen molar-refractivity contribution >= 4 is 86.5 Å². The minimum Gasteiger partial charge on any atom is -0.507 e. The molecule has 0 atom stereocenters. The average Bonchev–Trinajstić information content (AvgIpc) is 4.08. The summed E-state index contributed by atoms with van der Waals surface area (Å²) in [5.41, 5.74) is 21.1. The van der Waals surface area contributed by atoms with Gasteiger partial charge in [0.2, 0.25) is 0 Å². The van der Waals surface area contributed by atoms with E-state index in [1.165, 1.54) is 55.9 Å². The molecule has 0 bridgehead atoms. The lowest BCUT2D eigenvalue weighted by atomic mass is 10.1. The van der Waals surface area contributed by atoms with E-state index in [9.17, 15) is 5.11 Å². The van der Waals surface area contributed by atoms with Crippen LogP contribution in [0.5, 0.6) is 11.5 Å². The topological polar surface area (TPSA) is 85.4 Å². The molecule has 402 valence electrons. The number of methoxy groups -OCH3 is 1. The lowest BCUT2D eigenvalue weighted by Gasteiger charge is -2.11. The van der Waals surface area contributed by atoms with Crippen molar-refractivity contribution < 1.29 is 9.84 Å². The number of ether oxygens (including phenoxy) is 1. The highest BCUT2D eigenvalue weighted by atomic mass is 79.9. The fourth-order valence-electron chi connectivity index (χ4n) is 9.07. The molecule has 0 unspecified atom stereocenters. The van der Waals surface area contributed by atoms with E-state index < -0.39 is 0 Å². The summed E-state index contributed by atoms with van der Waals surface area (Å²) in [6, 6.07) is 77.0. The minimum atomic E-state index is 0.222. The molecular formula is C71H62BrClN6O2. The fraction of sp³-hybridized carbons (Fsp3) is 0.0986. The molecule has 0 spiro atoms. The fourth-order valence-corrected chi connectivity index (χ4v) is 9.46. The molecule has 0 heterocycles. The molecule has 2 aliphatic rings. The zero-order chi connectivity index (χ0) is 56.5. The Hall–Kier alpha value is -9.15. The zero-order valence-electron chi connectivity index (χ0n) is 46.0. The summed E-state index contributed by atoms with van der Waals surface area (Å²) >= 11 is 9.17. The number of hydrogen-bond donors (Lipinski definition) is 1. The smallest absolute Gasteiger partial charge is 0.124 e. The SMILES string of the molecule is CN(C)c1ccc(C=Nc2ccc(Br)cc2)cc1.CN(C)c1ccc(C=Nc2ccc3c(c2)Cc2ccccc2-3)cc1.COc1ccc(C=Nc2ccc3c(c2)Cc2ccccc2-3)cc1.Oc1ccccc1C=Nc1ccc(Cl)cc1. The Morgan fingerprint density at radius 1 is 0.420 bits per heavy atom. The molecular weight excluding hydrogens is 1080 g/mol. The predicted octanol–water partition coefficient (Wildman–Crippen LogP) is 18.2. The summed E-state index contributed by atoms with van der Waals surface area (Å²) in [6.45, 7) is 0. The number of benzene rings is 10. The summed E-state index contributed by atoms with van der Waals surface area (Å²) in [7, 11) is 9.83. The molecule has 0 saturated heterocycles. The number of rotatable bonds is 11. The van der Waals surface area contributed by atoms with Crippen molar-refractivity contribution in [2.75, 3.05) is 45.1 Å². The number of fused-ring (bicyclic) bond motifs is 6. The summed E-state index contributed by atoms with van der Waals surface area (Å²) in [6.07, 6.45) is 9.33. The van der Waals surface area contributed by atoms with Gasteiger partial charge in [-0.15, -0.1) is 0 Å². The highest BCUT2D eigenvalue weighted by molar-refractivity contribution is 9.10. The van der Waals surface area contributed by atoms with Gasteiger partial charge < -0.3 is 19.6 Å². The van der Waals surface area contributed by atoms with Gasteiger partial charge in [0, 0.05) is 79.5 Å². The molecule has 10 aromatic rings. The second-order valence-corrected chi connectivity index (χ2v) is 21.0. The molecule has 1 N–H and O–H groups in total. The molecule has 0 amide bonds. The molecule has 2 aliphatic carbocycles. The average molecular weight is 1150 g/mol. The van der Waals surface area contributed by atoms with Crippen LogP contribution in [0.15, 0.2) is 255 Å². The monoisotopic (exact) mass is 1140 g/mol. The third-order valence-corrected chi connectivity index (χ3v) is 14.3. The van der Waals surface area contributed by atoms with E-state index in [2.05, 4.69) is 179 Å². The molecule has 0 fully saturated rings. The van der Waals surface area contributed by atoms with Crippen molar-refractivity contribution in [2.45, 2.75) is 12.8 Å². The Bertz CT molecular complexity index is 3820. The Morgan fingerprint density at radius 3 is 1.26 bits per heavy atom. The lowest BCUT2D eigenvalue weighted by molar-refractivity contribution is 0.415. The van der Waals surface area contributed by atoms with Crippen molar-refractivity contribution in [2.24, 2.45) is 20.0 Å². The maximum absolute atomic E-state index is 9.52. The van der Waals surface area contributed by atoms with Gasteiger partial charge in [0.15, 0.2) is 0 Å². The normalized spacial score (nSPS) is 11.6. The van der Waals surface area contributed by atoms with Crippen molar-refractivity contribution in [3.8, 4) is 33.8 Å². The first-order chi connectivity index (χ1) is 39.4. The number of phenols is 1. The van der Waals surface area contributed by atoms with E-state index in [0.29, 0.717) is 10.6 Å². The summed E-state index contributed by atoms with van der Waals surface area (Å²) in [5.74, 6) is 1.08. The highest BCUT2D eigenvalue weighted by Crippen LogP contribution is 2.39. The van der Waals surface area contributed by atoms with Gasteiger partial charge in [-0.05, 0) is 207 Å². The molecule has 0 radical (unpaired) electrons. The number of hydrogen-bond acceptors (Lipinski definition) is 8. The van der Waals surface area contributed by atoms with Gasteiger partial charge in [-0.2, -0.15) is 0 Å². The second kappa shape index (κ2) is 27.6. The quantitative estimate of drug-likeness (QED) is 0.131. The molecule has 81 heavy (non-hydrogen) atoms. The predicted molar refractivity (Wildman–Crippen MR) is 347 cm³/mol. The Kier molecular flexibility index (Phi) is 19.3. The number of aromatic hydroxyl groups is 1. The first-order valence-electron chi connectivity index (χ1n) is 26.5. The molecule has 10 heteroatoms. The second-order valence-electron chi connectivity index (χ2n) is 19.6. The molecule has 10 aromatic carbocycles. The van der Waals surface area contributed by atoms with Crippen LogP contribution in [0.2, 0.25) is 5.02 Å². The number of phenolic OH excluding ortho intramolecular Hbond substituents is 1. The van der Waals surface area contributed by atoms with Crippen LogP contribution in [0.25, 0.3) is 22.3 Å². The summed E-state index contributed by atoms with van der Waals surface area (Å²) in [5, 5.41) is 10.2. The van der Waals surface area contributed by atoms with Crippen LogP contribution in [0.3, 0.4) is 0 Å². The van der Waals surface area contributed by atoms with Gasteiger partial charge in [0.25, 0.3) is 0 Å². The molecule has 0 aliphatic heterocycles. The standard InChI is InChI=1S/C22H20N2.C21H17NO.C15H15BrN2.C13H10ClNO/c1-24(2)20-10-7-16(8-11-20)15-23-19-9-12-22-18(14-19)13-17-5-3-4-6-21(17)22;1-23-19-9-6-15(7-10-19)14-22-18-8-11-21-17(13-18)12-16-4-2-3-5-20(16)21;1-18(2)15-9-3-12(4-10-15)11-17-14-7-5-13(16)6-8-14;14-11-5-7-12(8-6-11)15-9-10-3-1-2-4-13(10)16/h3-12,14-15H,13H2,1-2H3;2-11,13-14H,12H2,1H3;3-11H,1-2H3;1-9,16H. The number of halogens is 2. The maximum atomic E-state index is 9.52. The van der Waals surface area contributed by atoms with Gasteiger partial charge in [-0.3, -0.25) is 20.0 Å². The van der Waals surface area contributed by atoms with E-state index in [1.807, 2.05) is 114 Å². The van der Waals surface area contributed by atoms with Crippen molar-refractivity contribution in [1.29, 1.82) is 0 Å². The number of nitrogens with zero attached hydrogens (tertiary/aromatic N) is 6. The Labute approximate surface area is 489 Å². The minimum absolute atomic E-state index is 0.222. The summed E-state index contributed by atoms with van der Waals surface area (Å²) in [4.78, 5) is 22.1. The van der Waals surface area contributed by atoms with E-state index in [0.717, 1.165) is 62.5 Å². The van der Waals surface area contributed by atoms with Crippen LogP contribution in [0.4, 0.5) is 34.1 Å². The highest BCUT2D eigenvalue weighted by Gasteiger charge is 2.19. The van der Waals surface area contributed by atoms with Crippen LogP contribution in [-0.2, 0) is 12.8 Å². The first kappa shape index (κ1) is 56.6. The molecule has 0 aromatic heterocycles. The van der Waals surface area contributed by atoms with Gasteiger partial charge >= 0.3 is 0 Å². The molecule has 12 rings (SSSR count). The number of anilines is 2. The van der Waals surface area contributed by atoms with Gasteiger partial charge in [0.1, 0.15) is 11.5 Å². The third kappa shape index (κ3) is 15.8. The maximum Gasteiger partial charge on any atom is 0.124 e. The van der Waals surface area contributed by atoms with Crippen LogP contribution < -0.4 is 14.5 Å². The van der Waals surface area contributed by atoms with Gasteiger partial charge in [-0.25, -0.2) is 0 Å². The largest absolute Gasteiger partial charge is 0.507 e. The summed E-state index contributed by atoms with van der Waals surface area (Å²) < 4.78 is 6.24. The Morgan fingerprint density at radius 2 is 0.802 bits per heavy atom. The van der Waals surface area contributed by atoms with E-state index in [1.54, 1.807) is 43.7 Å². The van der Waals surface area contributed by atoms with Crippen LogP contribution in [0.1, 0.15) is 44.5 Å². The first-order valence-corrected chi connectivity index (χ1v) is 27.7. The van der Waals surface area contributed by atoms with Crippen molar-refractivity contribution in [1.82, 2.24) is 0 Å². The molecule has 0 saturated carbocycles. The van der Waals surface area contributed by atoms with E-state index in [-0.39, 0.29) is 5.75 Å². The van der Waals surface area contributed by atoms with Gasteiger partial charge in [-0.1, -0.05) is 125 Å². The van der Waals surface area contributed by atoms with Crippen molar-refractivity contribution in [3.05, 3.63) is 285 Å². The van der Waals surface area contributed by atoms with E-state index in [4.69, 9.17) is 16.3 Å². The molecule has 8 nitrogen and oxygen atoms in total. The number of aliphatic imine (C=N–C) groups is 4.